The topological polar surface area (TPSA) is 67.9 Å². The summed E-state index contributed by atoms with van der Waals surface area (Å²) in [4.78, 5) is 25.9. The first-order valence-electron chi connectivity index (χ1n) is 8.01. The van der Waals surface area contributed by atoms with Crippen molar-refractivity contribution in [2.24, 2.45) is 0 Å². The number of carbonyl (C=O) groups is 2. The van der Waals surface area contributed by atoms with Crippen LogP contribution in [0.5, 0.6) is 0 Å². The molecule has 0 saturated carbocycles. The van der Waals surface area contributed by atoms with Crippen molar-refractivity contribution in [3.8, 4) is 0 Å². The van der Waals surface area contributed by atoms with Gasteiger partial charge in [0.15, 0.2) is 0 Å². The van der Waals surface area contributed by atoms with E-state index in [2.05, 4.69) is 5.32 Å². The maximum absolute atomic E-state index is 12.4. The zero-order valence-electron chi connectivity index (χ0n) is 14.3. The molecule has 0 unspecified atom stereocenters. The summed E-state index contributed by atoms with van der Waals surface area (Å²) in [7, 11) is 0. The number of hydrogen-bond acceptors (Lipinski definition) is 4. The number of rotatable bonds is 2. The second kappa shape index (κ2) is 6.07. The van der Waals surface area contributed by atoms with E-state index in [1.807, 2.05) is 34.6 Å². The molecule has 2 rings (SSSR count). The number of nitrogens with one attached hydrogen (secondary N) is 1. The van der Waals surface area contributed by atoms with E-state index in [0.717, 1.165) is 12.8 Å². The molecule has 126 valence electrons. The fourth-order valence-electron chi connectivity index (χ4n) is 2.85. The largest absolute Gasteiger partial charge is 0.444 e. The highest BCUT2D eigenvalue weighted by Crippen LogP contribution is 2.25. The third-order valence-corrected chi connectivity index (χ3v) is 3.99. The Kier molecular flexibility index (Phi) is 4.70. The highest BCUT2D eigenvalue weighted by Gasteiger charge is 2.41. The molecule has 22 heavy (non-hydrogen) atoms. The average Bonchev–Trinajstić information content (AvgIpc) is 2.22. The molecule has 2 saturated heterocycles. The van der Waals surface area contributed by atoms with E-state index in [4.69, 9.17) is 9.47 Å². The van der Waals surface area contributed by atoms with Crippen LogP contribution in [0.25, 0.3) is 0 Å². The monoisotopic (exact) mass is 312 g/mol. The van der Waals surface area contributed by atoms with Crippen LogP contribution in [-0.4, -0.2) is 53.3 Å². The van der Waals surface area contributed by atoms with Crippen molar-refractivity contribution in [3.63, 3.8) is 0 Å². The molecule has 2 atom stereocenters. The molecular weight excluding hydrogens is 284 g/mol. The molecule has 1 N–H and O–H groups in total. The SMILES string of the molecule is CC(C)(C)OC(=O)N1CC[C@H]1C(=O)N[C@H]1CCOC(C)(C)C1. The number of ether oxygens (including phenoxy) is 2. The normalized spacial score (nSPS) is 27.8. The first kappa shape index (κ1) is 17.1. The fraction of sp³-hybridized carbons (Fsp3) is 0.875. The third-order valence-electron chi connectivity index (χ3n) is 3.99. The lowest BCUT2D eigenvalue weighted by molar-refractivity contribution is -0.133. The van der Waals surface area contributed by atoms with Crippen LogP contribution in [0, 0.1) is 0 Å². The Labute approximate surface area is 132 Å². The van der Waals surface area contributed by atoms with Crippen molar-refractivity contribution in [1.82, 2.24) is 10.2 Å². The van der Waals surface area contributed by atoms with Gasteiger partial charge in [0.2, 0.25) is 5.91 Å². The summed E-state index contributed by atoms with van der Waals surface area (Å²) in [6.07, 6.45) is 1.88. The Balaban J connectivity index is 1.86. The Morgan fingerprint density at radius 1 is 1.27 bits per heavy atom. The quantitative estimate of drug-likeness (QED) is 0.847. The maximum Gasteiger partial charge on any atom is 0.410 e. The van der Waals surface area contributed by atoms with Crippen LogP contribution in [0.1, 0.15) is 53.9 Å². The molecular formula is C16H28N2O4. The summed E-state index contributed by atoms with van der Waals surface area (Å²) in [6, 6.07) is -0.293. The second-order valence-electron chi connectivity index (χ2n) is 7.78. The van der Waals surface area contributed by atoms with Gasteiger partial charge in [0.1, 0.15) is 11.6 Å². The van der Waals surface area contributed by atoms with E-state index in [0.29, 0.717) is 19.6 Å². The van der Waals surface area contributed by atoms with Crippen molar-refractivity contribution < 1.29 is 19.1 Å². The number of amides is 2. The third kappa shape index (κ3) is 4.35. The number of hydrogen-bond donors (Lipinski definition) is 1. The van der Waals surface area contributed by atoms with E-state index in [9.17, 15) is 9.59 Å². The molecule has 2 fully saturated rings. The highest BCUT2D eigenvalue weighted by molar-refractivity contribution is 5.87. The van der Waals surface area contributed by atoms with Crippen molar-refractivity contribution in [2.45, 2.75) is 77.2 Å². The van der Waals surface area contributed by atoms with E-state index in [-0.39, 0.29) is 17.6 Å². The average molecular weight is 312 g/mol. The summed E-state index contributed by atoms with van der Waals surface area (Å²) in [5.74, 6) is -0.0835. The Morgan fingerprint density at radius 2 is 1.95 bits per heavy atom. The molecule has 0 aromatic carbocycles. The Hall–Kier alpha value is -1.30. The highest BCUT2D eigenvalue weighted by atomic mass is 16.6. The van der Waals surface area contributed by atoms with Gasteiger partial charge < -0.3 is 14.8 Å². The lowest BCUT2D eigenvalue weighted by Crippen LogP contribution is -2.61. The Morgan fingerprint density at radius 3 is 2.45 bits per heavy atom. The summed E-state index contributed by atoms with van der Waals surface area (Å²) in [5.41, 5.74) is -0.751. The van der Waals surface area contributed by atoms with Gasteiger partial charge in [-0.15, -0.1) is 0 Å². The standard InChI is InChI=1S/C16H28N2O4/c1-15(2,3)22-14(20)18-8-6-12(18)13(19)17-11-7-9-21-16(4,5)10-11/h11-12H,6-10H2,1-5H3,(H,17,19)/t11-,12-/m0/s1. The fourth-order valence-corrected chi connectivity index (χ4v) is 2.85. The van der Waals surface area contributed by atoms with Gasteiger partial charge in [0, 0.05) is 19.2 Å². The van der Waals surface area contributed by atoms with Crippen molar-refractivity contribution in [2.75, 3.05) is 13.2 Å². The summed E-state index contributed by atoms with van der Waals surface area (Å²) >= 11 is 0. The predicted octanol–water partition coefficient (Wildman–Crippen LogP) is 2.07. The minimum absolute atomic E-state index is 0.0835. The first-order chi connectivity index (χ1) is 10.1. The molecule has 2 heterocycles. The molecule has 0 bridgehead atoms. The molecule has 6 heteroatoms. The second-order valence-corrected chi connectivity index (χ2v) is 7.78. The zero-order valence-corrected chi connectivity index (χ0v) is 14.3. The van der Waals surface area contributed by atoms with Gasteiger partial charge in [0.25, 0.3) is 0 Å². The summed E-state index contributed by atoms with van der Waals surface area (Å²) < 4.78 is 11.0. The van der Waals surface area contributed by atoms with Crippen LogP contribution in [0.15, 0.2) is 0 Å². The molecule has 2 aliphatic heterocycles. The summed E-state index contributed by atoms with van der Waals surface area (Å²) in [5, 5.41) is 3.06. The summed E-state index contributed by atoms with van der Waals surface area (Å²) in [6.45, 7) is 10.8. The zero-order chi connectivity index (χ0) is 16.5. The van der Waals surface area contributed by atoms with E-state index >= 15 is 0 Å². The molecule has 2 amide bonds. The van der Waals surface area contributed by atoms with Gasteiger partial charge in [0.05, 0.1) is 5.60 Å². The van der Waals surface area contributed by atoms with Gasteiger partial charge in [-0.25, -0.2) is 4.79 Å². The van der Waals surface area contributed by atoms with E-state index < -0.39 is 17.7 Å². The molecule has 0 aromatic heterocycles. The van der Waals surface area contributed by atoms with Gasteiger partial charge in [-0.3, -0.25) is 9.69 Å². The van der Waals surface area contributed by atoms with E-state index in [1.165, 1.54) is 4.90 Å². The lowest BCUT2D eigenvalue weighted by atomic mass is 9.93. The van der Waals surface area contributed by atoms with Crippen LogP contribution < -0.4 is 5.32 Å². The smallest absolute Gasteiger partial charge is 0.410 e. The molecule has 0 aliphatic carbocycles. The first-order valence-corrected chi connectivity index (χ1v) is 8.01. The lowest BCUT2D eigenvalue weighted by Gasteiger charge is -2.42. The number of carbonyl (C=O) groups excluding carboxylic acids is 2. The minimum Gasteiger partial charge on any atom is -0.444 e. The number of nitrogens with zero attached hydrogens (tertiary/aromatic N) is 1. The van der Waals surface area contributed by atoms with Crippen molar-refractivity contribution in [3.05, 3.63) is 0 Å². The van der Waals surface area contributed by atoms with Crippen LogP contribution in [0.2, 0.25) is 0 Å². The Bertz CT molecular complexity index is 442. The maximum atomic E-state index is 12.4. The molecule has 0 aromatic rings. The molecule has 6 nitrogen and oxygen atoms in total. The van der Waals surface area contributed by atoms with Crippen molar-refractivity contribution >= 4 is 12.0 Å². The van der Waals surface area contributed by atoms with Gasteiger partial charge >= 0.3 is 6.09 Å². The molecule has 2 aliphatic rings. The van der Waals surface area contributed by atoms with E-state index in [1.54, 1.807) is 0 Å². The van der Waals surface area contributed by atoms with Gasteiger partial charge in [-0.05, 0) is 53.9 Å². The van der Waals surface area contributed by atoms with Crippen molar-refractivity contribution in [1.29, 1.82) is 0 Å². The van der Waals surface area contributed by atoms with Crippen LogP contribution in [0.4, 0.5) is 4.79 Å². The predicted molar refractivity (Wildman–Crippen MR) is 82.5 cm³/mol. The molecule has 0 spiro atoms. The van der Waals surface area contributed by atoms with Crippen LogP contribution >= 0.6 is 0 Å². The van der Waals surface area contributed by atoms with Crippen LogP contribution in [0.3, 0.4) is 0 Å². The van der Waals surface area contributed by atoms with Gasteiger partial charge in [-0.1, -0.05) is 0 Å². The van der Waals surface area contributed by atoms with Crippen LogP contribution in [-0.2, 0) is 14.3 Å². The number of likely N-dealkylation sites (tertiary alicyclic amines) is 1. The minimum atomic E-state index is -0.543. The van der Waals surface area contributed by atoms with Gasteiger partial charge in [-0.2, -0.15) is 0 Å². The molecule has 0 radical (unpaired) electrons.